The second kappa shape index (κ2) is 5.60. The molecule has 0 radical (unpaired) electrons. The summed E-state index contributed by atoms with van der Waals surface area (Å²) < 4.78 is 27.0. The van der Waals surface area contributed by atoms with E-state index in [1.54, 1.807) is 11.3 Å². The molecule has 0 aliphatic carbocycles. The molecule has 1 atom stereocenters. The molecule has 1 aromatic carbocycles. The topological polar surface area (TPSA) is 29.3 Å². The summed E-state index contributed by atoms with van der Waals surface area (Å²) in [5.74, 6) is -1.07. The average Bonchev–Trinajstić information content (AvgIpc) is 2.89. The minimum atomic E-state index is -0.555. The lowest BCUT2D eigenvalue weighted by Crippen LogP contribution is -2.37. The molecule has 1 aromatic heterocycles. The molecule has 1 aliphatic heterocycles. The summed E-state index contributed by atoms with van der Waals surface area (Å²) in [5.41, 5.74) is 7.61. The quantitative estimate of drug-likeness (QED) is 0.942. The van der Waals surface area contributed by atoms with Crippen LogP contribution in [0.15, 0.2) is 29.6 Å². The van der Waals surface area contributed by atoms with Gasteiger partial charge >= 0.3 is 0 Å². The maximum atomic E-state index is 14.0. The van der Waals surface area contributed by atoms with Crippen molar-refractivity contribution in [3.8, 4) is 0 Å². The summed E-state index contributed by atoms with van der Waals surface area (Å²) in [6.45, 7) is 1.95. The summed E-state index contributed by atoms with van der Waals surface area (Å²) in [5, 5.41) is 2.09. The van der Waals surface area contributed by atoms with Crippen molar-refractivity contribution in [1.29, 1.82) is 0 Å². The van der Waals surface area contributed by atoms with Gasteiger partial charge in [0.05, 0.1) is 6.04 Å². The third-order valence-electron chi connectivity index (χ3n) is 3.82. The molecule has 5 heteroatoms. The van der Waals surface area contributed by atoms with E-state index < -0.39 is 11.6 Å². The van der Waals surface area contributed by atoms with Gasteiger partial charge in [-0.15, -0.1) is 11.3 Å². The second-order valence-corrected chi connectivity index (χ2v) is 6.01. The van der Waals surface area contributed by atoms with Gasteiger partial charge in [0.25, 0.3) is 0 Å². The van der Waals surface area contributed by atoms with Gasteiger partial charge in [-0.1, -0.05) is 6.07 Å². The van der Waals surface area contributed by atoms with Gasteiger partial charge in [0.1, 0.15) is 11.6 Å². The highest BCUT2D eigenvalue weighted by Crippen LogP contribution is 2.31. The third kappa shape index (κ3) is 2.49. The van der Waals surface area contributed by atoms with Crippen LogP contribution in [0.2, 0.25) is 0 Å². The van der Waals surface area contributed by atoms with Crippen LogP contribution in [0.25, 0.3) is 0 Å². The van der Waals surface area contributed by atoms with Gasteiger partial charge in [0.15, 0.2) is 0 Å². The van der Waals surface area contributed by atoms with Gasteiger partial charge in [-0.25, -0.2) is 8.78 Å². The van der Waals surface area contributed by atoms with E-state index in [9.17, 15) is 8.78 Å². The van der Waals surface area contributed by atoms with Crippen molar-refractivity contribution in [2.45, 2.75) is 19.0 Å². The third-order valence-corrected chi connectivity index (χ3v) is 4.85. The zero-order valence-corrected chi connectivity index (χ0v) is 11.8. The van der Waals surface area contributed by atoms with Gasteiger partial charge in [-0.3, -0.25) is 4.90 Å². The first-order chi connectivity index (χ1) is 9.69. The Labute approximate surface area is 120 Å². The molecular weight excluding hydrogens is 278 g/mol. The van der Waals surface area contributed by atoms with Crippen molar-refractivity contribution < 1.29 is 8.78 Å². The molecule has 0 bridgehead atoms. The first-order valence-corrected chi connectivity index (χ1v) is 7.51. The zero-order valence-electron chi connectivity index (χ0n) is 11.0. The van der Waals surface area contributed by atoms with Crippen LogP contribution in [0, 0.1) is 11.6 Å². The van der Waals surface area contributed by atoms with Crippen molar-refractivity contribution in [1.82, 2.24) is 4.90 Å². The Kier molecular flexibility index (Phi) is 3.83. The Bertz CT molecular complexity index is 612. The minimum Gasteiger partial charge on any atom is -0.329 e. The van der Waals surface area contributed by atoms with Crippen molar-refractivity contribution >= 4 is 11.3 Å². The van der Waals surface area contributed by atoms with Crippen LogP contribution in [0.5, 0.6) is 0 Å². The predicted octanol–water partition coefficient (Wildman–Crippen LogP) is 3.08. The number of rotatable bonds is 3. The second-order valence-electron chi connectivity index (χ2n) is 5.01. The van der Waals surface area contributed by atoms with Gasteiger partial charge in [-0.2, -0.15) is 0 Å². The molecule has 0 saturated heterocycles. The standard InChI is InChI=1S/C15H16F2N2S/c16-11-1-2-12(13(17)7-11)14(8-18)19-5-3-15-10(9-19)4-6-20-15/h1-2,4,6-7,14H,3,5,8-9,18H2. The molecule has 0 fully saturated rings. The van der Waals surface area contributed by atoms with Gasteiger partial charge in [-0.05, 0) is 29.5 Å². The number of benzene rings is 1. The summed E-state index contributed by atoms with van der Waals surface area (Å²) in [6, 6.07) is 5.63. The highest BCUT2D eigenvalue weighted by Gasteiger charge is 2.26. The molecular formula is C15H16F2N2S. The molecule has 2 nitrogen and oxygen atoms in total. The smallest absolute Gasteiger partial charge is 0.130 e. The molecule has 0 spiro atoms. The van der Waals surface area contributed by atoms with E-state index in [0.717, 1.165) is 25.6 Å². The summed E-state index contributed by atoms with van der Waals surface area (Å²) >= 11 is 1.77. The van der Waals surface area contributed by atoms with Crippen LogP contribution < -0.4 is 5.73 Å². The lowest BCUT2D eigenvalue weighted by molar-refractivity contribution is 0.181. The summed E-state index contributed by atoms with van der Waals surface area (Å²) in [7, 11) is 0. The van der Waals surface area contributed by atoms with Crippen molar-refractivity contribution in [2.24, 2.45) is 5.73 Å². The number of thiophene rings is 1. The van der Waals surface area contributed by atoms with Crippen LogP contribution in [0.1, 0.15) is 22.0 Å². The zero-order chi connectivity index (χ0) is 14.1. The molecule has 0 amide bonds. The van der Waals surface area contributed by atoms with E-state index in [-0.39, 0.29) is 6.04 Å². The predicted molar refractivity (Wildman–Crippen MR) is 76.6 cm³/mol. The summed E-state index contributed by atoms with van der Waals surface area (Å²) in [4.78, 5) is 3.57. The molecule has 2 aromatic rings. The molecule has 1 aliphatic rings. The van der Waals surface area contributed by atoms with E-state index in [0.29, 0.717) is 12.1 Å². The lowest BCUT2D eigenvalue weighted by atomic mass is 10.0. The van der Waals surface area contributed by atoms with Crippen LogP contribution in [0.4, 0.5) is 8.78 Å². The Hall–Kier alpha value is -1.30. The average molecular weight is 294 g/mol. The first kappa shape index (κ1) is 13.7. The number of fused-ring (bicyclic) bond motifs is 1. The molecule has 2 N–H and O–H groups in total. The molecule has 0 saturated carbocycles. The van der Waals surface area contributed by atoms with E-state index in [1.807, 2.05) is 0 Å². The highest BCUT2D eigenvalue weighted by atomic mass is 32.1. The fourth-order valence-corrected chi connectivity index (χ4v) is 3.67. The highest BCUT2D eigenvalue weighted by molar-refractivity contribution is 7.10. The van der Waals surface area contributed by atoms with E-state index in [4.69, 9.17) is 5.73 Å². The van der Waals surface area contributed by atoms with Crippen LogP contribution in [0.3, 0.4) is 0 Å². The first-order valence-electron chi connectivity index (χ1n) is 6.63. The van der Waals surface area contributed by atoms with Gasteiger partial charge in [0.2, 0.25) is 0 Å². The Morgan fingerprint density at radius 1 is 1.30 bits per heavy atom. The molecule has 2 heterocycles. The van der Waals surface area contributed by atoms with Crippen molar-refractivity contribution in [2.75, 3.05) is 13.1 Å². The summed E-state index contributed by atoms with van der Waals surface area (Å²) in [6.07, 6.45) is 0.965. The molecule has 1 unspecified atom stereocenters. The normalized spacial score (nSPS) is 16.9. The van der Waals surface area contributed by atoms with Crippen LogP contribution in [-0.2, 0) is 13.0 Å². The maximum Gasteiger partial charge on any atom is 0.130 e. The number of nitrogens with two attached hydrogens (primary N) is 1. The van der Waals surface area contributed by atoms with E-state index >= 15 is 0 Å². The molecule has 3 rings (SSSR count). The van der Waals surface area contributed by atoms with Crippen molar-refractivity contribution in [3.05, 3.63) is 57.3 Å². The monoisotopic (exact) mass is 294 g/mol. The largest absolute Gasteiger partial charge is 0.329 e. The SMILES string of the molecule is NCC(c1ccc(F)cc1F)N1CCc2sccc2C1. The Balaban J connectivity index is 1.87. The Morgan fingerprint density at radius 3 is 2.90 bits per heavy atom. The van der Waals surface area contributed by atoms with E-state index in [2.05, 4.69) is 16.3 Å². The molecule has 106 valence electrons. The molecule has 20 heavy (non-hydrogen) atoms. The number of nitrogens with zero attached hydrogens (tertiary/aromatic N) is 1. The maximum absolute atomic E-state index is 14.0. The van der Waals surface area contributed by atoms with Crippen LogP contribution >= 0.6 is 11.3 Å². The van der Waals surface area contributed by atoms with E-state index in [1.165, 1.54) is 22.6 Å². The number of hydrogen-bond acceptors (Lipinski definition) is 3. The number of halogens is 2. The fraction of sp³-hybridized carbons (Fsp3) is 0.333. The van der Waals surface area contributed by atoms with Gasteiger partial charge in [0, 0.05) is 36.1 Å². The lowest BCUT2D eigenvalue weighted by Gasteiger charge is -2.34. The number of hydrogen-bond donors (Lipinski definition) is 1. The minimum absolute atomic E-state index is 0.205. The Morgan fingerprint density at radius 2 is 2.15 bits per heavy atom. The van der Waals surface area contributed by atoms with Gasteiger partial charge < -0.3 is 5.73 Å². The fourth-order valence-electron chi connectivity index (χ4n) is 2.78. The van der Waals surface area contributed by atoms with Crippen molar-refractivity contribution in [3.63, 3.8) is 0 Å². The van der Waals surface area contributed by atoms with Crippen LogP contribution in [-0.4, -0.2) is 18.0 Å².